The predicted octanol–water partition coefficient (Wildman–Crippen LogP) is 4.12. The number of allylic oxidation sites excluding steroid dienone is 1. The Hall–Kier alpha value is -2.56. The van der Waals surface area contributed by atoms with Crippen molar-refractivity contribution in [1.82, 2.24) is 4.90 Å². The van der Waals surface area contributed by atoms with Gasteiger partial charge in [0.2, 0.25) is 5.91 Å². The molecule has 0 bridgehead atoms. The molecule has 1 aromatic carbocycles. The molecule has 0 N–H and O–H groups in total. The van der Waals surface area contributed by atoms with Crippen molar-refractivity contribution in [3.8, 4) is 0 Å². The molecule has 0 unspecified atom stereocenters. The molecule has 2 aliphatic rings. The Balaban J connectivity index is 2.18. The van der Waals surface area contributed by atoms with Crippen LogP contribution in [0.4, 0.5) is 0 Å². The van der Waals surface area contributed by atoms with Crippen molar-refractivity contribution in [3.63, 3.8) is 0 Å². The molecule has 5 heteroatoms. The highest BCUT2D eigenvalue weighted by molar-refractivity contribution is 6.27. The molecule has 0 atom stereocenters. The fourth-order valence-electron chi connectivity index (χ4n) is 4.14. The van der Waals surface area contributed by atoms with Crippen molar-refractivity contribution in [3.05, 3.63) is 46.5 Å². The Kier molecular flexibility index (Phi) is 5.64. The van der Waals surface area contributed by atoms with E-state index in [0.717, 1.165) is 19.3 Å². The molecule has 148 valence electrons. The number of rotatable bonds is 4. The zero-order valence-electron chi connectivity index (χ0n) is 16.8. The van der Waals surface area contributed by atoms with Gasteiger partial charge in [-0.1, -0.05) is 37.6 Å². The molecule has 2 amide bonds. The minimum absolute atomic E-state index is 0.163. The summed E-state index contributed by atoms with van der Waals surface area (Å²) in [4.78, 5) is 53.5. The van der Waals surface area contributed by atoms with Crippen LogP contribution in [-0.2, 0) is 9.59 Å². The molecule has 1 aliphatic carbocycles. The number of ketones is 2. The summed E-state index contributed by atoms with van der Waals surface area (Å²) in [6.45, 7) is 5.79. The summed E-state index contributed by atoms with van der Waals surface area (Å²) >= 11 is 0. The molecule has 5 nitrogen and oxygen atoms in total. The number of hydrogen-bond donors (Lipinski definition) is 0. The number of hydrogen-bond acceptors (Lipinski definition) is 4. The number of imide groups is 1. The molecular weight excluding hydrogens is 354 g/mol. The minimum Gasteiger partial charge on any atom is -0.293 e. The lowest BCUT2D eigenvalue weighted by Gasteiger charge is -2.35. The molecule has 28 heavy (non-hydrogen) atoms. The zero-order chi connectivity index (χ0) is 20.5. The van der Waals surface area contributed by atoms with Crippen molar-refractivity contribution in [1.29, 1.82) is 0 Å². The summed E-state index contributed by atoms with van der Waals surface area (Å²) in [6, 6.07) is 6.76. The van der Waals surface area contributed by atoms with Crippen molar-refractivity contribution < 1.29 is 19.2 Å². The van der Waals surface area contributed by atoms with Crippen LogP contribution in [0, 0.1) is 5.41 Å². The van der Waals surface area contributed by atoms with E-state index < -0.39 is 11.3 Å². The summed E-state index contributed by atoms with van der Waals surface area (Å²) in [7, 11) is 0. The number of amides is 2. The molecule has 1 fully saturated rings. The van der Waals surface area contributed by atoms with Gasteiger partial charge in [0.15, 0.2) is 11.6 Å². The Morgan fingerprint density at radius 2 is 1.75 bits per heavy atom. The quantitative estimate of drug-likeness (QED) is 0.736. The third kappa shape index (κ3) is 3.34. The number of nitrogens with zero attached hydrogens (tertiary/aromatic N) is 1. The van der Waals surface area contributed by atoms with Crippen LogP contribution in [0.1, 0.15) is 80.0 Å². The van der Waals surface area contributed by atoms with Gasteiger partial charge in [-0.15, -0.1) is 0 Å². The maximum absolute atomic E-state index is 13.4. The minimum atomic E-state index is -1.11. The number of likely N-dealkylation sites (tertiary alicyclic amines) is 1. The number of Topliss-reactive ketones (excluding diaryl/α,β-unsaturated/α-hetero) is 2. The normalized spacial score (nSPS) is 20.8. The molecule has 1 aliphatic heterocycles. The highest BCUT2D eigenvalue weighted by atomic mass is 16.2. The number of fused-ring (bicyclic) bond motifs is 1. The molecular formula is C23H27NO4. The monoisotopic (exact) mass is 381 g/mol. The van der Waals surface area contributed by atoms with Gasteiger partial charge >= 0.3 is 0 Å². The van der Waals surface area contributed by atoms with E-state index in [1.165, 1.54) is 4.90 Å². The Bertz CT molecular complexity index is 878. The van der Waals surface area contributed by atoms with E-state index in [9.17, 15) is 19.2 Å². The lowest BCUT2D eigenvalue weighted by atomic mass is 9.66. The number of benzene rings is 1. The Morgan fingerprint density at radius 1 is 1.07 bits per heavy atom. The van der Waals surface area contributed by atoms with Gasteiger partial charge in [-0.2, -0.15) is 0 Å². The smallest absolute Gasteiger partial charge is 0.256 e. The van der Waals surface area contributed by atoms with Crippen LogP contribution in [0.25, 0.3) is 0 Å². The second-order valence-corrected chi connectivity index (χ2v) is 8.09. The van der Waals surface area contributed by atoms with Gasteiger partial charge in [0.05, 0.1) is 5.41 Å². The Labute approximate surface area is 165 Å². The third-order valence-corrected chi connectivity index (χ3v) is 5.74. The van der Waals surface area contributed by atoms with Crippen LogP contribution in [0.15, 0.2) is 35.4 Å². The van der Waals surface area contributed by atoms with Crippen LogP contribution in [0.2, 0.25) is 0 Å². The highest BCUT2D eigenvalue weighted by Gasteiger charge is 2.46. The molecule has 3 rings (SSSR count). The van der Waals surface area contributed by atoms with Gasteiger partial charge in [0, 0.05) is 35.2 Å². The first-order valence-corrected chi connectivity index (χ1v) is 10.1. The van der Waals surface area contributed by atoms with Crippen LogP contribution >= 0.6 is 0 Å². The molecule has 0 spiro atoms. The summed E-state index contributed by atoms with van der Waals surface area (Å²) in [5.41, 5.74) is 0.220. The molecule has 0 radical (unpaired) electrons. The van der Waals surface area contributed by atoms with Gasteiger partial charge in [0.25, 0.3) is 5.91 Å². The van der Waals surface area contributed by atoms with E-state index in [0.29, 0.717) is 42.5 Å². The first-order valence-electron chi connectivity index (χ1n) is 10.1. The van der Waals surface area contributed by atoms with Crippen LogP contribution < -0.4 is 0 Å². The van der Waals surface area contributed by atoms with Gasteiger partial charge in [0.1, 0.15) is 0 Å². The van der Waals surface area contributed by atoms with Crippen molar-refractivity contribution in [2.75, 3.05) is 6.54 Å². The second-order valence-electron chi connectivity index (χ2n) is 8.09. The number of piperidine rings is 1. The molecule has 0 saturated carbocycles. The maximum Gasteiger partial charge on any atom is 0.256 e. The fraction of sp³-hybridized carbons (Fsp3) is 0.478. The maximum atomic E-state index is 13.4. The first kappa shape index (κ1) is 20.2. The van der Waals surface area contributed by atoms with Gasteiger partial charge < -0.3 is 0 Å². The van der Waals surface area contributed by atoms with E-state index in [4.69, 9.17) is 0 Å². The lowest BCUT2D eigenvalue weighted by Crippen LogP contribution is -2.44. The van der Waals surface area contributed by atoms with Gasteiger partial charge in [-0.3, -0.25) is 24.1 Å². The lowest BCUT2D eigenvalue weighted by molar-refractivity contribution is -0.144. The summed E-state index contributed by atoms with van der Waals surface area (Å²) < 4.78 is 0. The SMILES string of the molecule is CCCC/C(C(=O)N1CCCCC1=O)=C1/C(=O)c2ccccc2C(=O)C1(C)C. The molecule has 1 heterocycles. The molecule has 0 aromatic heterocycles. The van der Waals surface area contributed by atoms with Gasteiger partial charge in [-0.25, -0.2) is 0 Å². The van der Waals surface area contributed by atoms with E-state index in [-0.39, 0.29) is 23.0 Å². The topological polar surface area (TPSA) is 71.5 Å². The third-order valence-electron chi connectivity index (χ3n) is 5.74. The van der Waals surface area contributed by atoms with Crippen molar-refractivity contribution >= 4 is 23.4 Å². The second kappa shape index (κ2) is 7.82. The average molecular weight is 381 g/mol. The summed E-state index contributed by atoms with van der Waals surface area (Å²) in [6.07, 6.45) is 3.84. The largest absolute Gasteiger partial charge is 0.293 e. The highest BCUT2D eigenvalue weighted by Crippen LogP contribution is 2.42. The summed E-state index contributed by atoms with van der Waals surface area (Å²) in [5.74, 6) is -1.03. The predicted molar refractivity (Wildman–Crippen MR) is 106 cm³/mol. The standard InChI is InChI=1S/C23H27NO4/c1-4-5-10-17(22(28)24-14-9-8-13-18(24)25)19-20(26)15-11-6-7-12-16(15)21(27)23(19,2)3/h6-7,11-12H,4-5,8-10,13-14H2,1-3H3/b19-17+. The van der Waals surface area contributed by atoms with Crippen LogP contribution in [-0.4, -0.2) is 34.8 Å². The average Bonchev–Trinajstić information content (AvgIpc) is 2.69. The van der Waals surface area contributed by atoms with Crippen LogP contribution in [0.3, 0.4) is 0 Å². The fourth-order valence-corrected chi connectivity index (χ4v) is 4.14. The Morgan fingerprint density at radius 3 is 2.39 bits per heavy atom. The number of carbonyl (C=O) groups is 4. The number of carbonyl (C=O) groups excluding carboxylic acids is 4. The van der Waals surface area contributed by atoms with E-state index in [1.54, 1.807) is 38.1 Å². The number of unbranched alkanes of at least 4 members (excludes halogenated alkanes) is 1. The van der Waals surface area contributed by atoms with E-state index in [1.807, 2.05) is 6.92 Å². The van der Waals surface area contributed by atoms with Crippen molar-refractivity contribution in [2.45, 2.75) is 59.3 Å². The molecule has 1 aromatic rings. The first-order chi connectivity index (χ1) is 13.3. The van der Waals surface area contributed by atoms with E-state index in [2.05, 4.69) is 0 Å². The van der Waals surface area contributed by atoms with Gasteiger partial charge in [-0.05, 0) is 39.5 Å². The van der Waals surface area contributed by atoms with Crippen molar-refractivity contribution in [2.24, 2.45) is 5.41 Å². The summed E-state index contributed by atoms with van der Waals surface area (Å²) in [5, 5.41) is 0. The zero-order valence-corrected chi connectivity index (χ0v) is 16.8. The van der Waals surface area contributed by atoms with Crippen LogP contribution in [0.5, 0.6) is 0 Å². The molecule has 1 saturated heterocycles. The van der Waals surface area contributed by atoms with E-state index >= 15 is 0 Å².